The van der Waals surface area contributed by atoms with Crippen LogP contribution in [0.2, 0.25) is 5.02 Å². The van der Waals surface area contributed by atoms with Crippen molar-refractivity contribution in [1.29, 1.82) is 0 Å². The second-order valence-electron chi connectivity index (χ2n) is 10.2. The fourth-order valence-electron chi connectivity index (χ4n) is 5.77. The topological polar surface area (TPSA) is 81.3 Å². The molecule has 42 heavy (non-hydrogen) atoms. The molecular weight excluding hydrogens is 586 g/mol. The number of para-hydroxylation sites is 1. The van der Waals surface area contributed by atoms with Gasteiger partial charge in [-0.1, -0.05) is 47.6 Å². The smallest absolute Gasteiger partial charge is 0.267 e. The molecule has 7 nitrogen and oxygen atoms in total. The van der Waals surface area contributed by atoms with Crippen molar-refractivity contribution in [3.05, 3.63) is 98.1 Å². The number of aryl methyl sites for hydroxylation is 3. The van der Waals surface area contributed by atoms with Gasteiger partial charge in [-0.2, -0.15) is 5.10 Å². The Hall–Kier alpha value is -3.92. The molecule has 1 N–H and O–H groups in total. The Kier molecular flexibility index (Phi) is 7.09. The van der Waals surface area contributed by atoms with E-state index in [1.54, 1.807) is 46.4 Å². The zero-order valence-corrected chi connectivity index (χ0v) is 25.2. The van der Waals surface area contributed by atoms with Crippen molar-refractivity contribution in [2.24, 2.45) is 5.10 Å². The van der Waals surface area contributed by atoms with E-state index in [9.17, 15) is 9.59 Å². The molecule has 1 aliphatic carbocycles. The third-order valence-electron chi connectivity index (χ3n) is 7.64. The number of halogens is 1. The van der Waals surface area contributed by atoms with Gasteiger partial charge in [-0.3, -0.25) is 14.2 Å². The quantitative estimate of drug-likeness (QED) is 0.0916. The molecule has 0 spiro atoms. The van der Waals surface area contributed by atoms with Crippen molar-refractivity contribution in [2.45, 2.75) is 37.9 Å². The molecule has 7 rings (SSSR count). The number of fused-ring (bicyclic) bond motifs is 6. The highest BCUT2D eigenvalue weighted by Crippen LogP contribution is 2.36. The summed E-state index contributed by atoms with van der Waals surface area (Å²) >= 11 is 8.92. The molecule has 1 amide bonds. The van der Waals surface area contributed by atoms with Gasteiger partial charge < -0.3 is 4.57 Å². The number of carbonyl (C=O) groups excluding carboxylic acids is 1. The molecule has 0 fully saturated rings. The maximum absolute atomic E-state index is 13.8. The van der Waals surface area contributed by atoms with Gasteiger partial charge >= 0.3 is 0 Å². The molecule has 0 saturated heterocycles. The van der Waals surface area contributed by atoms with Crippen LogP contribution in [0, 0.1) is 0 Å². The summed E-state index contributed by atoms with van der Waals surface area (Å²) in [6.45, 7) is 3.03. The minimum absolute atomic E-state index is 0.0526. The van der Waals surface area contributed by atoms with Gasteiger partial charge in [0, 0.05) is 38.3 Å². The van der Waals surface area contributed by atoms with Gasteiger partial charge in [0.2, 0.25) is 0 Å². The lowest BCUT2D eigenvalue weighted by atomic mass is 10.1. The molecule has 0 bridgehead atoms. The average molecular weight is 612 g/mol. The molecule has 1 aliphatic rings. The molecule has 3 aromatic heterocycles. The van der Waals surface area contributed by atoms with Crippen LogP contribution >= 0.6 is 34.7 Å². The summed E-state index contributed by atoms with van der Waals surface area (Å²) in [6, 6.07) is 21.6. The Morgan fingerprint density at radius 3 is 2.74 bits per heavy atom. The highest BCUT2D eigenvalue weighted by Gasteiger charge is 2.24. The Labute approximate surface area is 254 Å². The van der Waals surface area contributed by atoms with Crippen molar-refractivity contribution >= 4 is 78.8 Å². The van der Waals surface area contributed by atoms with E-state index in [1.807, 2.05) is 12.1 Å². The zero-order chi connectivity index (χ0) is 28.8. The molecule has 6 aromatic rings. The van der Waals surface area contributed by atoms with Gasteiger partial charge in [0.1, 0.15) is 4.83 Å². The average Bonchev–Trinajstić information content (AvgIpc) is 3.68. The van der Waals surface area contributed by atoms with E-state index in [1.165, 1.54) is 33.1 Å². The number of hydrogen-bond acceptors (Lipinski definition) is 6. The Morgan fingerprint density at radius 1 is 1.10 bits per heavy atom. The normalized spacial score (nSPS) is 13.1. The molecule has 10 heteroatoms. The van der Waals surface area contributed by atoms with Gasteiger partial charge in [-0.05, 0) is 79.8 Å². The van der Waals surface area contributed by atoms with Crippen molar-refractivity contribution in [1.82, 2.24) is 19.5 Å². The third kappa shape index (κ3) is 4.71. The van der Waals surface area contributed by atoms with Crippen LogP contribution in [0.1, 0.15) is 29.3 Å². The highest BCUT2D eigenvalue weighted by molar-refractivity contribution is 7.99. The van der Waals surface area contributed by atoms with Gasteiger partial charge in [-0.25, -0.2) is 10.4 Å². The number of amides is 1. The molecule has 0 unspecified atom stereocenters. The first-order valence-corrected chi connectivity index (χ1v) is 16.0. The number of nitrogens with zero attached hydrogens (tertiary/aromatic N) is 4. The van der Waals surface area contributed by atoms with Crippen LogP contribution in [-0.2, 0) is 24.2 Å². The minimum atomic E-state index is -0.286. The van der Waals surface area contributed by atoms with Crippen LogP contribution in [0.25, 0.3) is 37.7 Å². The van der Waals surface area contributed by atoms with Crippen molar-refractivity contribution < 1.29 is 4.79 Å². The number of thioether (sulfide) groups is 1. The summed E-state index contributed by atoms with van der Waals surface area (Å²) in [5.41, 5.74) is 7.57. The van der Waals surface area contributed by atoms with E-state index in [-0.39, 0.29) is 17.2 Å². The van der Waals surface area contributed by atoms with Crippen LogP contribution in [0.5, 0.6) is 0 Å². The zero-order valence-electron chi connectivity index (χ0n) is 22.8. The molecule has 0 atom stereocenters. The van der Waals surface area contributed by atoms with E-state index in [2.05, 4.69) is 52.3 Å². The Balaban J connectivity index is 1.12. The van der Waals surface area contributed by atoms with Crippen LogP contribution in [-0.4, -0.2) is 32.0 Å². The number of hydrogen-bond donors (Lipinski definition) is 1. The maximum atomic E-state index is 13.8. The van der Waals surface area contributed by atoms with Crippen molar-refractivity contribution in [3.63, 3.8) is 0 Å². The second-order valence-corrected chi connectivity index (χ2v) is 12.6. The van der Waals surface area contributed by atoms with Crippen molar-refractivity contribution in [2.75, 3.05) is 5.75 Å². The molecule has 0 radical (unpaired) electrons. The first-order valence-electron chi connectivity index (χ1n) is 13.8. The third-order valence-corrected chi connectivity index (χ3v) is 10.0. The molecule has 3 heterocycles. The molecule has 0 aliphatic heterocycles. The summed E-state index contributed by atoms with van der Waals surface area (Å²) in [5, 5.41) is 8.30. The van der Waals surface area contributed by atoms with E-state index in [0.717, 1.165) is 47.2 Å². The fraction of sp³-hybridized carbons (Fsp3) is 0.188. The van der Waals surface area contributed by atoms with Crippen LogP contribution in [0.15, 0.2) is 81.8 Å². The number of carbonyl (C=O) groups is 1. The number of thiophene rings is 1. The van der Waals surface area contributed by atoms with Crippen LogP contribution in [0.3, 0.4) is 0 Å². The molecule has 210 valence electrons. The number of nitrogens with one attached hydrogen (secondary N) is 1. The first-order chi connectivity index (χ1) is 20.5. The van der Waals surface area contributed by atoms with E-state index in [4.69, 9.17) is 16.6 Å². The number of rotatable bonds is 7. The lowest BCUT2D eigenvalue weighted by molar-refractivity contribution is -0.118. The Morgan fingerprint density at radius 2 is 1.90 bits per heavy atom. The van der Waals surface area contributed by atoms with Gasteiger partial charge in [0.15, 0.2) is 5.16 Å². The van der Waals surface area contributed by atoms with Crippen LogP contribution < -0.4 is 11.0 Å². The number of benzene rings is 3. The lowest BCUT2D eigenvalue weighted by Crippen LogP contribution is -2.24. The summed E-state index contributed by atoms with van der Waals surface area (Å²) in [7, 11) is 0. The predicted molar refractivity (Wildman–Crippen MR) is 174 cm³/mol. The second kappa shape index (κ2) is 11.1. The first kappa shape index (κ1) is 26.9. The predicted octanol–water partition coefficient (Wildman–Crippen LogP) is 6.96. The summed E-state index contributed by atoms with van der Waals surface area (Å²) in [5.74, 6) is -0.234. The fourth-order valence-corrected chi connectivity index (χ4v) is 8.01. The Bertz CT molecular complexity index is 2090. The maximum Gasteiger partial charge on any atom is 0.267 e. The highest BCUT2D eigenvalue weighted by atomic mass is 35.5. The van der Waals surface area contributed by atoms with Crippen molar-refractivity contribution in [3.8, 4) is 5.69 Å². The van der Waals surface area contributed by atoms with Gasteiger partial charge in [0.25, 0.3) is 11.5 Å². The van der Waals surface area contributed by atoms with E-state index in [0.29, 0.717) is 21.3 Å². The SMILES string of the molecule is CCn1c2ccccc2c2cc(C=NNC(=O)CSc3nc4sc5c(c4c(=O)n3-c3ccc(Cl)cc3)CCC5)ccc21. The monoisotopic (exact) mass is 611 g/mol. The van der Waals surface area contributed by atoms with Gasteiger partial charge in [-0.15, -0.1) is 11.3 Å². The summed E-state index contributed by atoms with van der Waals surface area (Å²) < 4.78 is 3.89. The van der Waals surface area contributed by atoms with E-state index < -0.39 is 0 Å². The minimum Gasteiger partial charge on any atom is -0.341 e. The number of aromatic nitrogens is 3. The van der Waals surface area contributed by atoms with E-state index >= 15 is 0 Å². The number of hydrazone groups is 1. The largest absolute Gasteiger partial charge is 0.341 e. The standard InChI is InChI=1S/C32H26ClN5O2S2/c1-2-37-25-8-4-3-6-22(25)24-16-19(10-15-26(24)37)17-34-36-28(39)18-41-32-35-30-29(23-7-5-9-27(23)42-30)31(40)38(32)21-13-11-20(33)12-14-21/h3-4,6,8,10-17H,2,5,7,9,18H2,1H3,(H,36,39). The molecular formula is C32H26ClN5O2S2. The van der Waals surface area contributed by atoms with Gasteiger partial charge in [0.05, 0.1) is 23.0 Å². The van der Waals surface area contributed by atoms with Crippen LogP contribution in [0.4, 0.5) is 0 Å². The molecule has 3 aromatic carbocycles. The lowest BCUT2D eigenvalue weighted by Gasteiger charge is -2.12. The molecule has 0 saturated carbocycles. The summed E-state index contributed by atoms with van der Waals surface area (Å²) in [4.78, 5) is 33.4. The summed E-state index contributed by atoms with van der Waals surface area (Å²) in [6.07, 6.45) is 4.59.